The third-order valence-electron chi connectivity index (χ3n) is 2.57. The maximum absolute atomic E-state index is 8.80. The Hall–Kier alpha value is -0.970. The fourth-order valence-electron chi connectivity index (χ4n) is 1.91. The zero-order valence-electron chi connectivity index (χ0n) is 7.56. The molecule has 0 aromatic carbocycles. The summed E-state index contributed by atoms with van der Waals surface area (Å²) in [6.45, 7) is 0.118. The molecular formula is C8H14N4O. The first kappa shape index (κ1) is 8.62. The van der Waals surface area contributed by atoms with Crippen LogP contribution in [0.4, 0.5) is 0 Å². The highest BCUT2D eigenvalue weighted by Gasteiger charge is 2.20. The first-order chi connectivity index (χ1) is 6.42. The topological polar surface area (TPSA) is 63.8 Å². The summed E-state index contributed by atoms with van der Waals surface area (Å²) in [5.74, 6) is 0.814. The maximum Gasteiger partial charge on any atom is 0.153 e. The summed E-state index contributed by atoms with van der Waals surface area (Å²) in [6, 6.07) is 0.469. The monoisotopic (exact) mass is 182 g/mol. The molecule has 0 radical (unpaired) electrons. The first-order valence-corrected chi connectivity index (χ1v) is 4.79. The lowest BCUT2D eigenvalue weighted by Gasteiger charge is -2.09. The predicted octanol–water partition coefficient (Wildman–Crippen LogP) is 0.323. The lowest BCUT2D eigenvalue weighted by Crippen LogP contribution is -2.12. The number of aromatic nitrogens is 4. The van der Waals surface area contributed by atoms with Gasteiger partial charge in [-0.25, -0.2) is 4.68 Å². The Morgan fingerprint density at radius 3 is 2.85 bits per heavy atom. The zero-order chi connectivity index (χ0) is 9.10. The Morgan fingerprint density at radius 1 is 1.38 bits per heavy atom. The van der Waals surface area contributed by atoms with Crippen LogP contribution in [0, 0.1) is 0 Å². The van der Waals surface area contributed by atoms with Crippen LogP contribution in [0.1, 0.15) is 37.5 Å². The molecule has 5 heteroatoms. The van der Waals surface area contributed by atoms with E-state index in [-0.39, 0.29) is 6.61 Å². The van der Waals surface area contributed by atoms with Crippen LogP contribution in [0.15, 0.2) is 0 Å². The Morgan fingerprint density at radius 2 is 2.15 bits per heavy atom. The summed E-state index contributed by atoms with van der Waals surface area (Å²) in [6.07, 6.45) is 5.43. The lowest BCUT2D eigenvalue weighted by atomic mass is 10.2. The highest BCUT2D eigenvalue weighted by Crippen LogP contribution is 2.28. The Labute approximate surface area is 76.8 Å². The summed E-state index contributed by atoms with van der Waals surface area (Å²) >= 11 is 0. The van der Waals surface area contributed by atoms with E-state index in [1.165, 1.54) is 25.7 Å². The van der Waals surface area contributed by atoms with E-state index in [2.05, 4.69) is 15.5 Å². The molecule has 5 nitrogen and oxygen atoms in total. The minimum atomic E-state index is 0.118. The smallest absolute Gasteiger partial charge is 0.153 e. The first-order valence-electron chi connectivity index (χ1n) is 4.79. The quantitative estimate of drug-likeness (QED) is 0.731. The summed E-state index contributed by atoms with van der Waals surface area (Å²) in [7, 11) is 0. The Bertz CT molecular complexity index is 267. The minimum Gasteiger partial charge on any atom is -0.396 e. The third kappa shape index (κ3) is 1.70. The SMILES string of the molecule is OCCc1nnnn1C1CCCC1. The molecule has 1 aliphatic rings. The van der Waals surface area contributed by atoms with Gasteiger partial charge in [-0.15, -0.1) is 5.10 Å². The van der Waals surface area contributed by atoms with Crippen LogP contribution in [0.5, 0.6) is 0 Å². The fourth-order valence-corrected chi connectivity index (χ4v) is 1.91. The normalized spacial score (nSPS) is 18.2. The van der Waals surface area contributed by atoms with Crippen LogP contribution in [0.3, 0.4) is 0 Å². The van der Waals surface area contributed by atoms with Gasteiger partial charge in [0, 0.05) is 6.42 Å². The lowest BCUT2D eigenvalue weighted by molar-refractivity contribution is 0.290. The minimum absolute atomic E-state index is 0.118. The second kappa shape index (κ2) is 3.83. The Kier molecular flexibility index (Phi) is 2.54. The van der Waals surface area contributed by atoms with Gasteiger partial charge in [-0.1, -0.05) is 12.8 Å². The molecule has 1 saturated carbocycles. The zero-order valence-corrected chi connectivity index (χ0v) is 7.56. The van der Waals surface area contributed by atoms with E-state index in [0.717, 1.165) is 5.82 Å². The summed E-state index contributed by atoms with van der Waals surface area (Å²) in [5, 5.41) is 20.3. The highest BCUT2D eigenvalue weighted by atomic mass is 16.3. The van der Waals surface area contributed by atoms with Gasteiger partial charge in [0.25, 0.3) is 0 Å². The molecule has 1 aromatic heterocycles. The van der Waals surface area contributed by atoms with Crippen LogP contribution in [-0.2, 0) is 6.42 Å². The second-order valence-corrected chi connectivity index (χ2v) is 3.45. The van der Waals surface area contributed by atoms with Crippen LogP contribution < -0.4 is 0 Å². The van der Waals surface area contributed by atoms with Crippen molar-refractivity contribution in [3.63, 3.8) is 0 Å². The van der Waals surface area contributed by atoms with Crippen molar-refractivity contribution < 1.29 is 5.11 Å². The van der Waals surface area contributed by atoms with Gasteiger partial charge in [0.1, 0.15) is 0 Å². The van der Waals surface area contributed by atoms with Crippen molar-refractivity contribution in [3.05, 3.63) is 5.82 Å². The number of hydrogen-bond acceptors (Lipinski definition) is 4. The largest absolute Gasteiger partial charge is 0.396 e. The van der Waals surface area contributed by atoms with Crippen LogP contribution in [-0.4, -0.2) is 31.9 Å². The second-order valence-electron chi connectivity index (χ2n) is 3.45. The van der Waals surface area contributed by atoms with Crippen molar-refractivity contribution in [1.29, 1.82) is 0 Å². The van der Waals surface area contributed by atoms with Gasteiger partial charge < -0.3 is 5.11 Å². The molecule has 1 aliphatic carbocycles. The molecule has 0 bridgehead atoms. The molecule has 1 heterocycles. The summed E-state index contributed by atoms with van der Waals surface area (Å²) in [4.78, 5) is 0. The van der Waals surface area contributed by atoms with Crippen molar-refractivity contribution in [2.24, 2.45) is 0 Å². The number of aliphatic hydroxyl groups excluding tert-OH is 1. The molecule has 0 spiro atoms. The molecule has 0 amide bonds. The molecule has 1 fully saturated rings. The molecule has 0 aliphatic heterocycles. The van der Waals surface area contributed by atoms with Gasteiger partial charge in [-0.3, -0.25) is 0 Å². The average molecular weight is 182 g/mol. The van der Waals surface area contributed by atoms with E-state index in [0.29, 0.717) is 12.5 Å². The number of hydrogen-bond donors (Lipinski definition) is 1. The third-order valence-corrected chi connectivity index (χ3v) is 2.57. The molecule has 1 N–H and O–H groups in total. The van der Waals surface area contributed by atoms with Crippen molar-refractivity contribution in [2.45, 2.75) is 38.1 Å². The van der Waals surface area contributed by atoms with Crippen LogP contribution >= 0.6 is 0 Å². The molecule has 0 atom stereocenters. The van der Waals surface area contributed by atoms with E-state index in [1.54, 1.807) is 0 Å². The van der Waals surface area contributed by atoms with Crippen molar-refractivity contribution in [2.75, 3.05) is 6.61 Å². The number of tetrazole rings is 1. The van der Waals surface area contributed by atoms with Crippen molar-refractivity contribution in [1.82, 2.24) is 20.2 Å². The number of nitrogens with zero attached hydrogens (tertiary/aromatic N) is 4. The van der Waals surface area contributed by atoms with Gasteiger partial charge in [-0.2, -0.15) is 0 Å². The Balaban J connectivity index is 2.13. The van der Waals surface area contributed by atoms with Crippen LogP contribution in [0.2, 0.25) is 0 Å². The van der Waals surface area contributed by atoms with Gasteiger partial charge in [0.15, 0.2) is 5.82 Å². The summed E-state index contributed by atoms with van der Waals surface area (Å²) < 4.78 is 1.88. The molecule has 0 saturated heterocycles. The van der Waals surface area contributed by atoms with Crippen molar-refractivity contribution >= 4 is 0 Å². The maximum atomic E-state index is 8.80. The fraction of sp³-hybridized carbons (Fsp3) is 0.875. The number of aliphatic hydroxyl groups is 1. The van der Waals surface area contributed by atoms with E-state index in [9.17, 15) is 0 Å². The molecular weight excluding hydrogens is 168 g/mol. The van der Waals surface area contributed by atoms with Gasteiger partial charge in [-0.05, 0) is 23.3 Å². The number of rotatable bonds is 3. The standard InChI is InChI=1S/C8H14N4O/c13-6-5-8-9-10-11-12(8)7-3-1-2-4-7/h7,13H,1-6H2. The average Bonchev–Trinajstić information content (AvgIpc) is 2.71. The van der Waals surface area contributed by atoms with E-state index < -0.39 is 0 Å². The van der Waals surface area contributed by atoms with Crippen molar-refractivity contribution in [3.8, 4) is 0 Å². The molecule has 1 aromatic rings. The molecule has 2 rings (SSSR count). The van der Waals surface area contributed by atoms with E-state index in [4.69, 9.17) is 5.11 Å². The highest BCUT2D eigenvalue weighted by molar-refractivity contribution is 4.86. The van der Waals surface area contributed by atoms with Gasteiger partial charge >= 0.3 is 0 Å². The van der Waals surface area contributed by atoms with Gasteiger partial charge in [0.05, 0.1) is 12.6 Å². The molecule has 0 unspecified atom stereocenters. The molecule has 72 valence electrons. The van der Waals surface area contributed by atoms with Gasteiger partial charge in [0.2, 0.25) is 0 Å². The summed E-state index contributed by atoms with van der Waals surface area (Å²) in [5.41, 5.74) is 0. The van der Waals surface area contributed by atoms with E-state index >= 15 is 0 Å². The van der Waals surface area contributed by atoms with E-state index in [1.807, 2.05) is 4.68 Å². The van der Waals surface area contributed by atoms with Crippen LogP contribution in [0.25, 0.3) is 0 Å². The molecule has 13 heavy (non-hydrogen) atoms. The predicted molar refractivity (Wildman–Crippen MR) is 46.1 cm³/mol.